The Kier molecular flexibility index (Phi) is 7.37. The van der Waals surface area contributed by atoms with E-state index in [2.05, 4.69) is 38.3 Å². The van der Waals surface area contributed by atoms with Gasteiger partial charge in [-0.3, -0.25) is 14.7 Å². The van der Waals surface area contributed by atoms with E-state index in [0.29, 0.717) is 6.42 Å². The monoisotopic (exact) mass is 528 g/mol. The molecule has 3 N–H and O–H groups in total. The second-order valence-electron chi connectivity index (χ2n) is 10.2. The number of hydrogen-bond acceptors (Lipinski definition) is 6. The van der Waals surface area contributed by atoms with Gasteiger partial charge in [-0.05, 0) is 58.7 Å². The molecule has 6 rings (SSSR count). The Labute approximate surface area is 234 Å². The summed E-state index contributed by atoms with van der Waals surface area (Å²) in [5.74, 6) is 0.878. The van der Waals surface area contributed by atoms with E-state index < -0.39 is 0 Å². The van der Waals surface area contributed by atoms with Crippen molar-refractivity contribution in [2.75, 3.05) is 42.1 Å². The molecule has 0 bridgehead atoms. The zero-order valence-corrected chi connectivity index (χ0v) is 22.3. The summed E-state index contributed by atoms with van der Waals surface area (Å²) in [4.78, 5) is 26.8. The molecule has 0 radical (unpaired) electrons. The van der Waals surface area contributed by atoms with Gasteiger partial charge in [0.2, 0.25) is 5.91 Å². The van der Waals surface area contributed by atoms with Crippen molar-refractivity contribution in [3.05, 3.63) is 114 Å². The van der Waals surface area contributed by atoms with Gasteiger partial charge >= 0.3 is 0 Å². The third-order valence-electron chi connectivity index (χ3n) is 7.29. The van der Waals surface area contributed by atoms with Crippen LogP contribution in [0, 0.1) is 0 Å². The molecule has 40 heavy (non-hydrogen) atoms. The van der Waals surface area contributed by atoms with Crippen LogP contribution in [0.5, 0.6) is 0 Å². The quantitative estimate of drug-likeness (QED) is 0.276. The van der Waals surface area contributed by atoms with Gasteiger partial charge in [-0.15, -0.1) is 0 Å². The number of nitrogens with one attached hydrogen (secondary N) is 1. The standard InChI is InChI=1S/C33H32N6O/c34-28-8-4-7-25(19-28)23-38-15-17-39(18-16-38)32-22-35-30-14-11-27(21-31(30)37-32)26-9-12-29(13-10-26)36-33(40)20-24-5-2-1-3-6-24/h1-14,19,21-22H,15-18,20,23,34H2,(H,36,40). The number of piperazine rings is 1. The number of nitrogens with two attached hydrogens (primary N) is 1. The summed E-state index contributed by atoms with van der Waals surface area (Å²) in [5.41, 5.74) is 13.6. The Morgan fingerprint density at radius 1 is 0.775 bits per heavy atom. The second-order valence-corrected chi connectivity index (χ2v) is 10.2. The Bertz CT molecular complexity index is 1610. The van der Waals surface area contributed by atoms with E-state index >= 15 is 0 Å². The van der Waals surface area contributed by atoms with Crippen molar-refractivity contribution in [2.45, 2.75) is 13.0 Å². The molecular weight excluding hydrogens is 496 g/mol. The lowest BCUT2D eigenvalue weighted by molar-refractivity contribution is -0.115. The summed E-state index contributed by atoms with van der Waals surface area (Å²) in [6, 6.07) is 32.0. The number of carbonyl (C=O) groups excluding carboxylic acids is 1. The average molecular weight is 529 g/mol. The van der Waals surface area contributed by atoms with E-state index in [1.54, 1.807) is 0 Å². The Morgan fingerprint density at radius 2 is 1.52 bits per heavy atom. The number of amides is 1. The van der Waals surface area contributed by atoms with E-state index in [1.165, 1.54) is 5.56 Å². The van der Waals surface area contributed by atoms with Crippen LogP contribution in [0.1, 0.15) is 11.1 Å². The molecule has 0 spiro atoms. The highest BCUT2D eigenvalue weighted by molar-refractivity contribution is 5.92. The summed E-state index contributed by atoms with van der Waals surface area (Å²) in [5, 5.41) is 2.99. The van der Waals surface area contributed by atoms with Gasteiger partial charge in [0.1, 0.15) is 5.82 Å². The highest BCUT2D eigenvalue weighted by Crippen LogP contribution is 2.26. The normalized spacial score (nSPS) is 13.8. The van der Waals surface area contributed by atoms with Crippen molar-refractivity contribution in [1.82, 2.24) is 14.9 Å². The highest BCUT2D eigenvalue weighted by Gasteiger charge is 2.19. The lowest BCUT2D eigenvalue weighted by atomic mass is 10.0. The van der Waals surface area contributed by atoms with E-state index in [4.69, 9.17) is 10.7 Å². The maximum atomic E-state index is 12.4. The molecule has 0 atom stereocenters. The minimum absolute atomic E-state index is 0.0296. The first-order valence-electron chi connectivity index (χ1n) is 13.6. The van der Waals surface area contributed by atoms with Crippen molar-refractivity contribution in [1.29, 1.82) is 0 Å². The first-order chi connectivity index (χ1) is 19.6. The van der Waals surface area contributed by atoms with Gasteiger partial charge in [0.05, 0.1) is 23.7 Å². The minimum atomic E-state index is -0.0296. The Morgan fingerprint density at radius 3 is 2.30 bits per heavy atom. The maximum absolute atomic E-state index is 12.4. The molecule has 1 aliphatic rings. The summed E-state index contributed by atoms with van der Waals surface area (Å²) in [7, 11) is 0. The van der Waals surface area contributed by atoms with Crippen LogP contribution >= 0.6 is 0 Å². The number of benzene rings is 4. The Balaban J connectivity index is 1.10. The summed E-state index contributed by atoms with van der Waals surface area (Å²) in [6.07, 6.45) is 2.23. The number of rotatable bonds is 7. The van der Waals surface area contributed by atoms with Crippen molar-refractivity contribution in [2.24, 2.45) is 0 Å². The van der Waals surface area contributed by atoms with Crippen LogP contribution in [0.2, 0.25) is 0 Å². The molecule has 1 aromatic heterocycles. The average Bonchev–Trinajstić information content (AvgIpc) is 2.98. The number of anilines is 3. The van der Waals surface area contributed by atoms with Gasteiger partial charge in [-0.2, -0.15) is 0 Å². The van der Waals surface area contributed by atoms with Crippen LogP contribution in [0.3, 0.4) is 0 Å². The molecular formula is C33H32N6O. The predicted molar refractivity (Wildman–Crippen MR) is 162 cm³/mol. The number of hydrogen-bond donors (Lipinski definition) is 2. The Hall–Kier alpha value is -4.75. The molecule has 2 heterocycles. The van der Waals surface area contributed by atoms with Crippen molar-refractivity contribution in [3.63, 3.8) is 0 Å². The van der Waals surface area contributed by atoms with Crippen LogP contribution in [0.25, 0.3) is 22.2 Å². The highest BCUT2D eigenvalue weighted by atomic mass is 16.1. The molecule has 0 aliphatic carbocycles. The van der Waals surface area contributed by atoms with Crippen molar-refractivity contribution < 1.29 is 4.79 Å². The first kappa shape index (κ1) is 25.5. The van der Waals surface area contributed by atoms with Gasteiger partial charge in [0, 0.05) is 44.1 Å². The maximum Gasteiger partial charge on any atom is 0.228 e. The van der Waals surface area contributed by atoms with Gasteiger partial charge < -0.3 is 16.0 Å². The summed E-state index contributed by atoms with van der Waals surface area (Å²) >= 11 is 0. The topological polar surface area (TPSA) is 87.4 Å². The summed E-state index contributed by atoms with van der Waals surface area (Å²) in [6.45, 7) is 4.63. The minimum Gasteiger partial charge on any atom is -0.399 e. The van der Waals surface area contributed by atoms with Gasteiger partial charge in [0.15, 0.2) is 0 Å². The van der Waals surface area contributed by atoms with E-state index in [1.807, 2.05) is 85.1 Å². The first-order valence-corrected chi connectivity index (χ1v) is 13.6. The number of carbonyl (C=O) groups is 1. The molecule has 200 valence electrons. The van der Waals surface area contributed by atoms with Crippen molar-refractivity contribution in [3.8, 4) is 11.1 Å². The van der Waals surface area contributed by atoms with Crippen LogP contribution in [-0.4, -0.2) is 47.0 Å². The fourth-order valence-electron chi connectivity index (χ4n) is 5.15. The predicted octanol–water partition coefficient (Wildman–Crippen LogP) is 5.38. The SMILES string of the molecule is Nc1cccc(CN2CCN(c3cnc4ccc(-c5ccc(NC(=O)Cc6ccccc6)cc5)cc4n3)CC2)c1. The molecule has 5 aromatic rings. The molecule has 0 unspecified atom stereocenters. The molecule has 1 aliphatic heterocycles. The third kappa shape index (κ3) is 6.11. The number of nitrogen functional groups attached to an aromatic ring is 1. The third-order valence-corrected chi connectivity index (χ3v) is 7.29. The fourth-order valence-corrected chi connectivity index (χ4v) is 5.15. The zero-order chi connectivity index (χ0) is 27.3. The van der Waals surface area contributed by atoms with E-state index in [-0.39, 0.29) is 5.91 Å². The molecule has 7 nitrogen and oxygen atoms in total. The van der Waals surface area contributed by atoms with Crippen LogP contribution < -0.4 is 16.0 Å². The number of aromatic nitrogens is 2. The van der Waals surface area contributed by atoms with Crippen molar-refractivity contribution >= 4 is 34.1 Å². The number of fused-ring (bicyclic) bond motifs is 1. The zero-order valence-electron chi connectivity index (χ0n) is 22.3. The lowest BCUT2D eigenvalue weighted by Crippen LogP contribution is -2.46. The van der Waals surface area contributed by atoms with Crippen LogP contribution in [-0.2, 0) is 17.8 Å². The lowest BCUT2D eigenvalue weighted by Gasteiger charge is -2.35. The molecule has 0 saturated carbocycles. The smallest absolute Gasteiger partial charge is 0.228 e. The van der Waals surface area contributed by atoms with E-state index in [0.717, 1.165) is 77.6 Å². The van der Waals surface area contributed by atoms with E-state index in [9.17, 15) is 4.79 Å². The van der Waals surface area contributed by atoms with Gasteiger partial charge in [-0.25, -0.2) is 4.98 Å². The van der Waals surface area contributed by atoms with Gasteiger partial charge in [-0.1, -0.05) is 60.7 Å². The van der Waals surface area contributed by atoms with Crippen LogP contribution in [0.15, 0.2) is 103 Å². The molecule has 7 heteroatoms. The molecule has 1 amide bonds. The summed E-state index contributed by atoms with van der Waals surface area (Å²) < 4.78 is 0. The largest absolute Gasteiger partial charge is 0.399 e. The van der Waals surface area contributed by atoms with Gasteiger partial charge in [0.25, 0.3) is 0 Å². The number of nitrogens with zero attached hydrogens (tertiary/aromatic N) is 4. The fraction of sp³-hybridized carbons (Fsp3) is 0.182. The molecule has 1 fully saturated rings. The second kappa shape index (κ2) is 11.6. The molecule has 4 aromatic carbocycles. The van der Waals surface area contributed by atoms with Crippen LogP contribution in [0.4, 0.5) is 17.2 Å². The molecule has 1 saturated heterocycles.